The van der Waals surface area contributed by atoms with Gasteiger partial charge in [-0.25, -0.2) is 0 Å². The lowest BCUT2D eigenvalue weighted by atomic mass is 10.1. The lowest BCUT2D eigenvalue weighted by Crippen LogP contribution is -2.49. The van der Waals surface area contributed by atoms with E-state index >= 15 is 0 Å². The number of non-ortho nitro benzene ring substituents is 1. The second kappa shape index (κ2) is 8.59. The first kappa shape index (κ1) is 19.6. The lowest BCUT2D eigenvalue weighted by Gasteiger charge is -2.34. The van der Waals surface area contributed by atoms with E-state index in [9.17, 15) is 19.7 Å². The van der Waals surface area contributed by atoms with Crippen LogP contribution in [0.1, 0.15) is 10.4 Å². The number of nitro benzene ring substituents is 1. The van der Waals surface area contributed by atoms with E-state index < -0.39 is 10.9 Å². The fourth-order valence-corrected chi connectivity index (χ4v) is 2.80. The summed E-state index contributed by atoms with van der Waals surface area (Å²) in [6.07, 6.45) is -0.346. The van der Waals surface area contributed by atoms with Crippen molar-refractivity contribution in [3.8, 4) is 5.75 Å². The summed E-state index contributed by atoms with van der Waals surface area (Å²) >= 11 is 0. The van der Waals surface area contributed by atoms with E-state index in [-0.39, 0.29) is 42.1 Å². The van der Waals surface area contributed by atoms with Crippen molar-refractivity contribution >= 4 is 17.6 Å². The first-order chi connectivity index (χ1) is 12.3. The molecule has 10 nitrogen and oxygen atoms in total. The second-order valence-electron chi connectivity index (χ2n) is 5.98. The molecule has 1 aromatic rings. The summed E-state index contributed by atoms with van der Waals surface area (Å²) in [6.45, 7) is 1.11. The maximum absolute atomic E-state index is 12.8. The molecule has 0 aliphatic carbocycles. The highest BCUT2D eigenvalue weighted by molar-refractivity contribution is 5.97. The maximum Gasteiger partial charge on any atom is 0.317 e. The first-order valence-corrected chi connectivity index (χ1v) is 7.95. The van der Waals surface area contributed by atoms with Gasteiger partial charge in [0.1, 0.15) is 5.75 Å². The standard InChI is InChI=1S/C16H21N3O7/c1-17(10-15(20)21)8-12-9-18(5-6-26-12)16(22)13-7-11(19(23)24)3-4-14(13)25-2/h3-4,7,12H,5-6,8-10H2,1-2H3,(H,20,21). The van der Waals surface area contributed by atoms with Crippen molar-refractivity contribution in [3.63, 3.8) is 0 Å². The number of amides is 1. The Morgan fingerprint density at radius 1 is 1.50 bits per heavy atom. The van der Waals surface area contributed by atoms with Crippen molar-refractivity contribution in [1.29, 1.82) is 0 Å². The summed E-state index contributed by atoms with van der Waals surface area (Å²) in [7, 11) is 3.04. The maximum atomic E-state index is 12.8. The smallest absolute Gasteiger partial charge is 0.317 e. The van der Waals surface area contributed by atoms with E-state index in [1.54, 1.807) is 11.9 Å². The van der Waals surface area contributed by atoms with Crippen LogP contribution in [0, 0.1) is 10.1 Å². The Kier molecular flexibility index (Phi) is 6.47. The van der Waals surface area contributed by atoms with Gasteiger partial charge < -0.3 is 19.5 Å². The number of carbonyl (C=O) groups is 2. The molecule has 0 bridgehead atoms. The Labute approximate surface area is 150 Å². The van der Waals surface area contributed by atoms with Gasteiger partial charge in [-0.3, -0.25) is 24.6 Å². The van der Waals surface area contributed by atoms with Crippen LogP contribution >= 0.6 is 0 Å². The minimum atomic E-state index is -0.947. The molecule has 1 aliphatic heterocycles. The van der Waals surface area contributed by atoms with Gasteiger partial charge in [-0.15, -0.1) is 0 Å². The van der Waals surface area contributed by atoms with Crippen LogP contribution in [0.2, 0.25) is 0 Å². The lowest BCUT2D eigenvalue weighted by molar-refractivity contribution is -0.384. The van der Waals surface area contributed by atoms with Crippen LogP contribution in [0.4, 0.5) is 5.69 Å². The molecule has 1 fully saturated rings. The molecule has 1 unspecified atom stereocenters. The number of hydrogen-bond donors (Lipinski definition) is 1. The summed E-state index contributed by atoms with van der Waals surface area (Å²) in [5.41, 5.74) is -0.0820. The fraction of sp³-hybridized carbons (Fsp3) is 0.500. The zero-order valence-electron chi connectivity index (χ0n) is 14.6. The third-order valence-electron chi connectivity index (χ3n) is 3.97. The molecule has 1 atom stereocenters. The number of hydrogen-bond acceptors (Lipinski definition) is 7. The third kappa shape index (κ3) is 4.90. The SMILES string of the molecule is COc1ccc([N+](=O)[O-])cc1C(=O)N1CCOC(CN(C)CC(=O)O)C1. The summed E-state index contributed by atoms with van der Waals surface area (Å²) < 4.78 is 10.7. The number of likely N-dealkylation sites (N-methyl/N-ethyl adjacent to an activating group) is 1. The zero-order valence-corrected chi connectivity index (χ0v) is 14.6. The number of ether oxygens (including phenoxy) is 2. The number of nitro groups is 1. The average Bonchev–Trinajstić information content (AvgIpc) is 2.59. The van der Waals surface area contributed by atoms with Crippen molar-refractivity contribution in [2.24, 2.45) is 0 Å². The van der Waals surface area contributed by atoms with E-state index in [0.717, 1.165) is 0 Å². The highest BCUT2D eigenvalue weighted by Gasteiger charge is 2.28. The van der Waals surface area contributed by atoms with Gasteiger partial charge in [-0.1, -0.05) is 0 Å². The van der Waals surface area contributed by atoms with E-state index in [1.165, 1.54) is 30.2 Å². The van der Waals surface area contributed by atoms with Crippen LogP contribution in [-0.2, 0) is 9.53 Å². The van der Waals surface area contributed by atoms with E-state index in [4.69, 9.17) is 14.6 Å². The van der Waals surface area contributed by atoms with Crippen LogP contribution in [0.15, 0.2) is 18.2 Å². The molecule has 1 heterocycles. The highest BCUT2D eigenvalue weighted by atomic mass is 16.6. The molecule has 0 radical (unpaired) electrons. The largest absolute Gasteiger partial charge is 0.496 e. The van der Waals surface area contributed by atoms with E-state index in [0.29, 0.717) is 19.7 Å². The Morgan fingerprint density at radius 2 is 2.23 bits per heavy atom. The number of nitrogens with zero attached hydrogens (tertiary/aromatic N) is 3. The molecule has 142 valence electrons. The van der Waals surface area contributed by atoms with Crippen LogP contribution in [0.5, 0.6) is 5.75 Å². The number of carboxylic acid groups (broad SMARTS) is 1. The summed E-state index contributed by atoms with van der Waals surface area (Å²) in [6, 6.07) is 3.87. The Balaban J connectivity index is 2.12. The number of carboxylic acids is 1. The van der Waals surface area contributed by atoms with Crippen LogP contribution in [-0.4, -0.2) is 84.8 Å². The molecular formula is C16H21N3O7. The molecule has 1 N–H and O–H groups in total. The molecule has 0 saturated carbocycles. The van der Waals surface area contributed by atoms with Gasteiger partial charge in [0.15, 0.2) is 0 Å². The molecule has 0 spiro atoms. The van der Waals surface area contributed by atoms with Gasteiger partial charge in [0, 0.05) is 31.8 Å². The summed E-state index contributed by atoms with van der Waals surface area (Å²) in [5, 5.41) is 19.8. The summed E-state index contributed by atoms with van der Waals surface area (Å²) in [4.78, 5) is 37.1. The Hall–Kier alpha value is -2.72. The number of methoxy groups -OCH3 is 1. The Bertz CT molecular complexity index is 694. The quantitative estimate of drug-likeness (QED) is 0.545. The summed E-state index contributed by atoms with van der Waals surface area (Å²) in [5.74, 6) is -1.08. The number of benzene rings is 1. The predicted octanol–water partition coefficient (Wildman–Crippen LogP) is 0.461. The number of carbonyl (C=O) groups excluding carboxylic acids is 1. The molecular weight excluding hydrogens is 346 g/mol. The Morgan fingerprint density at radius 3 is 2.85 bits per heavy atom. The normalized spacial score (nSPS) is 17.2. The van der Waals surface area contributed by atoms with Crippen LogP contribution in [0.3, 0.4) is 0 Å². The number of rotatable bonds is 7. The molecule has 1 amide bonds. The highest BCUT2D eigenvalue weighted by Crippen LogP contribution is 2.26. The monoisotopic (exact) mass is 367 g/mol. The zero-order chi connectivity index (χ0) is 19.3. The van der Waals surface area contributed by atoms with Crippen molar-refractivity contribution < 1.29 is 29.1 Å². The van der Waals surface area contributed by atoms with Gasteiger partial charge in [0.2, 0.25) is 0 Å². The average molecular weight is 367 g/mol. The molecule has 1 aliphatic rings. The number of aliphatic carboxylic acids is 1. The predicted molar refractivity (Wildman–Crippen MR) is 90.4 cm³/mol. The first-order valence-electron chi connectivity index (χ1n) is 7.95. The molecule has 1 aromatic carbocycles. The topological polar surface area (TPSA) is 122 Å². The van der Waals surface area contributed by atoms with Gasteiger partial charge >= 0.3 is 5.97 Å². The van der Waals surface area contributed by atoms with Crippen molar-refractivity contribution in [2.75, 3.05) is 46.9 Å². The number of morpholine rings is 1. The molecule has 0 aromatic heterocycles. The van der Waals surface area contributed by atoms with E-state index in [1.807, 2.05) is 0 Å². The molecule has 1 saturated heterocycles. The molecule has 10 heteroatoms. The second-order valence-corrected chi connectivity index (χ2v) is 5.98. The minimum absolute atomic E-state index is 0.112. The minimum Gasteiger partial charge on any atom is -0.496 e. The van der Waals surface area contributed by atoms with Crippen LogP contribution < -0.4 is 4.74 Å². The van der Waals surface area contributed by atoms with Crippen molar-refractivity contribution in [2.45, 2.75) is 6.10 Å². The van der Waals surface area contributed by atoms with Gasteiger partial charge in [-0.05, 0) is 13.1 Å². The third-order valence-corrected chi connectivity index (χ3v) is 3.97. The van der Waals surface area contributed by atoms with E-state index in [2.05, 4.69) is 0 Å². The fourth-order valence-electron chi connectivity index (χ4n) is 2.80. The molecule has 2 rings (SSSR count). The van der Waals surface area contributed by atoms with Gasteiger partial charge in [0.05, 0.1) is 36.9 Å². The van der Waals surface area contributed by atoms with Crippen molar-refractivity contribution in [1.82, 2.24) is 9.80 Å². The van der Waals surface area contributed by atoms with Crippen molar-refractivity contribution in [3.05, 3.63) is 33.9 Å². The van der Waals surface area contributed by atoms with Gasteiger partial charge in [0.25, 0.3) is 11.6 Å². The molecule has 26 heavy (non-hydrogen) atoms. The van der Waals surface area contributed by atoms with Crippen LogP contribution in [0.25, 0.3) is 0 Å². The van der Waals surface area contributed by atoms with Gasteiger partial charge in [-0.2, -0.15) is 0 Å².